The van der Waals surface area contributed by atoms with Crippen LogP contribution in [0.2, 0.25) is 0 Å². The summed E-state index contributed by atoms with van der Waals surface area (Å²) in [5, 5.41) is 15.5. The number of hydrazone groups is 1. The summed E-state index contributed by atoms with van der Waals surface area (Å²) in [6.07, 6.45) is 10.7. The molecule has 3 aromatic rings. The molecule has 1 saturated carbocycles. The number of rotatable bonds is 6. The third-order valence-corrected chi connectivity index (χ3v) is 5.58. The average molecular weight is 387 g/mol. The molecule has 29 heavy (non-hydrogen) atoms. The second kappa shape index (κ2) is 8.45. The van der Waals surface area contributed by atoms with Crippen LogP contribution < -0.4 is 5.43 Å². The lowest BCUT2D eigenvalue weighted by atomic mass is 9.85. The highest BCUT2D eigenvalue weighted by atomic mass is 16.3. The lowest BCUT2D eigenvalue weighted by Gasteiger charge is -2.27. The van der Waals surface area contributed by atoms with Gasteiger partial charge in [-0.05, 0) is 30.0 Å². The Bertz CT molecular complexity index is 934. The highest BCUT2D eigenvalue weighted by molar-refractivity contribution is 5.91. The highest BCUT2D eigenvalue weighted by Crippen LogP contribution is 2.30. The number of benzene rings is 2. The van der Waals surface area contributed by atoms with Crippen LogP contribution in [0.3, 0.4) is 0 Å². The van der Waals surface area contributed by atoms with E-state index < -0.39 is 11.5 Å². The molecule has 0 atom stereocenters. The van der Waals surface area contributed by atoms with E-state index >= 15 is 0 Å². The molecular weight excluding hydrogens is 362 g/mol. The molecule has 1 aromatic heterocycles. The van der Waals surface area contributed by atoms with Gasteiger partial charge in [0, 0.05) is 24.0 Å². The zero-order valence-corrected chi connectivity index (χ0v) is 16.2. The number of carbonyl (C=O) groups is 1. The first-order valence-corrected chi connectivity index (χ1v) is 10.0. The van der Waals surface area contributed by atoms with E-state index in [-0.39, 0.29) is 0 Å². The monoisotopic (exact) mass is 387 g/mol. The molecule has 1 aliphatic rings. The Morgan fingerprint density at radius 2 is 1.59 bits per heavy atom. The van der Waals surface area contributed by atoms with E-state index in [1.807, 2.05) is 24.4 Å². The van der Waals surface area contributed by atoms with Crippen LogP contribution in [0.4, 0.5) is 0 Å². The number of hydrogen-bond acceptors (Lipinski definition) is 3. The first-order valence-electron chi connectivity index (χ1n) is 10.0. The van der Waals surface area contributed by atoms with Crippen molar-refractivity contribution in [3.63, 3.8) is 0 Å². The van der Waals surface area contributed by atoms with Gasteiger partial charge in [0.2, 0.25) is 0 Å². The molecule has 0 unspecified atom stereocenters. The number of nitrogens with zero attached hydrogens (tertiary/aromatic N) is 2. The number of aliphatic hydroxyl groups is 1. The molecule has 148 valence electrons. The van der Waals surface area contributed by atoms with Gasteiger partial charge in [0.15, 0.2) is 5.60 Å². The van der Waals surface area contributed by atoms with Crippen LogP contribution in [0.15, 0.2) is 84.2 Å². The van der Waals surface area contributed by atoms with E-state index in [1.165, 1.54) is 25.7 Å². The second-order valence-corrected chi connectivity index (χ2v) is 7.47. The summed E-state index contributed by atoms with van der Waals surface area (Å²) in [6, 6.07) is 20.4. The fourth-order valence-corrected chi connectivity index (χ4v) is 3.97. The predicted octanol–water partition coefficient (Wildman–Crippen LogP) is 3.99. The van der Waals surface area contributed by atoms with Crippen LogP contribution in [0, 0.1) is 0 Å². The van der Waals surface area contributed by atoms with Gasteiger partial charge in [-0.2, -0.15) is 5.10 Å². The van der Waals surface area contributed by atoms with E-state index in [0.717, 1.165) is 5.56 Å². The summed E-state index contributed by atoms with van der Waals surface area (Å²) in [7, 11) is 0. The summed E-state index contributed by atoms with van der Waals surface area (Å²) >= 11 is 0. The summed E-state index contributed by atoms with van der Waals surface area (Å²) in [4.78, 5) is 13.0. The number of amides is 1. The van der Waals surface area contributed by atoms with Crippen molar-refractivity contribution in [3.05, 3.63) is 95.8 Å². The van der Waals surface area contributed by atoms with Gasteiger partial charge in [-0.25, -0.2) is 5.43 Å². The number of nitrogens with one attached hydrogen (secondary N) is 1. The maximum absolute atomic E-state index is 13.0. The van der Waals surface area contributed by atoms with E-state index in [9.17, 15) is 9.90 Å². The van der Waals surface area contributed by atoms with Crippen molar-refractivity contribution < 1.29 is 9.90 Å². The van der Waals surface area contributed by atoms with Crippen molar-refractivity contribution in [3.8, 4) is 0 Å². The summed E-state index contributed by atoms with van der Waals surface area (Å²) in [6.45, 7) is 0. The number of carbonyl (C=O) groups excluding carboxylic acids is 1. The molecule has 1 fully saturated rings. The topological polar surface area (TPSA) is 66.6 Å². The molecule has 1 amide bonds. The Labute approximate surface area is 170 Å². The second-order valence-electron chi connectivity index (χ2n) is 7.47. The molecule has 5 nitrogen and oxygen atoms in total. The first-order chi connectivity index (χ1) is 14.2. The van der Waals surface area contributed by atoms with E-state index in [1.54, 1.807) is 54.7 Å². The van der Waals surface area contributed by atoms with Crippen molar-refractivity contribution in [2.24, 2.45) is 5.10 Å². The Morgan fingerprint density at radius 3 is 2.17 bits per heavy atom. The average Bonchev–Trinajstić information content (AvgIpc) is 3.46. The van der Waals surface area contributed by atoms with Gasteiger partial charge in [-0.1, -0.05) is 73.5 Å². The lowest BCUT2D eigenvalue weighted by molar-refractivity contribution is -0.136. The standard InChI is InChI=1S/C24H25N3O2/c28-23(26-25-17-19-15-16-27(18-19)22-13-7-8-14-22)24(29,20-9-3-1-4-10-20)21-11-5-2-6-12-21/h1-6,9-12,15-18,22,29H,7-8,13-14H2,(H,26,28)/b25-17-. The third kappa shape index (κ3) is 4.00. The van der Waals surface area contributed by atoms with Crippen LogP contribution in [-0.4, -0.2) is 21.8 Å². The zero-order chi connectivity index (χ0) is 20.1. The Balaban J connectivity index is 1.52. The van der Waals surface area contributed by atoms with Gasteiger partial charge in [0.05, 0.1) is 6.21 Å². The summed E-state index contributed by atoms with van der Waals surface area (Å²) in [5.74, 6) is -0.596. The van der Waals surface area contributed by atoms with Crippen molar-refractivity contribution in [1.29, 1.82) is 0 Å². The molecule has 0 radical (unpaired) electrons. The van der Waals surface area contributed by atoms with Crippen LogP contribution in [0.1, 0.15) is 48.4 Å². The van der Waals surface area contributed by atoms with E-state index in [2.05, 4.69) is 21.3 Å². The van der Waals surface area contributed by atoms with Gasteiger partial charge < -0.3 is 9.67 Å². The quantitative estimate of drug-likeness (QED) is 0.496. The Morgan fingerprint density at radius 1 is 1.00 bits per heavy atom. The first kappa shape index (κ1) is 19.2. The number of hydrogen-bond donors (Lipinski definition) is 2. The molecular formula is C24H25N3O2. The van der Waals surface area contributed by atoms with E-state index in [4.69, 9.17) is 0 Å². The van der Waals surface area contributed by atoms with Gasteiger partial charge in [0.25, 0.3) is 5.91 Å². The smallest absolute Gasteiger partial charge is 0.281 e. The highest BCUT2D eigenvalue weighted by Gasteiger charge is 2.39. The van der Waals surface area contributed by atoms with Crippen LogP contribution in [0.25, 0.3) is 0 Å². The minimum absolute atomic E-state index is 0.492. The fourth-order valence-electron chi connectivity index (χ4n) is 3.97. The fraction of sp³-hybridized carbons (Fsp3) is 0.250. The van der Waals surface area contributed by atoms with Gasteiger partial charge >= 0.3 is 0 Å². The molecule has 2 aromatic carbocycles. The molecule has 0 saturated heterocycles. The molecule has 0 aliphatic heterocycles. The van der Waals surface area contributed by atoms with Crippen LogP contribution in [-0.2, 0) is 10.4 Å². The SMILES string of the molecule is O=C(N/N=C\c1ccn(C2CCCC2)c1)C(O)(c1ccccc1)c1ccccc1. The molecule has 0 spiro atoms. The van der Waals surface area contributed by atoms with Gasteiger partial charge in [-0.3, -0.25) is 4.79 Å². The van der Waals surface area contributed by atoms with E-state index in [0.29, 0.717) is 17.2 Å². The molecule has 2 N–H and O–H groups in total. The molecule has 4 rings (SSSR count). The summed E-state index contributed by atoms with van der Waals surface area (Å²) < 4.78 is 2.22. The molecule has 1 aliphatic carbocycles. The molecule has 0 bridgehead atoms. The lowest BCUT2D eigenvalue weighted by Crippen LogP contribution is -2.43. The molecule has 1 heterocycles. The Hall–Kier alpha value is -3.18. The van der Waals surface area contributed by atoms with Gasteiger partial charge in [0.1, 0.15) is 0 Å². The van der Waals surface area contributed by atoms with Crippen LogP contribution >= 0.6 is 0 Å². The van der Waals surface area contributed by atoms with Crippen LogP contribution in [0.5, 0.6) is 0 Å². The minimum atomic E-state index is -1.82. The van der Waals surface area contributed by atoms with Crippen molar-refractivity contribution >= 4 is 12.1 Å². The minimum Gasteiger partial charge on any atom is -0.372 e. The number of aromatic nitrogens is 1. The van der Waals surface area contributed by atoms with Crippen molar-refractivity contribution in [2.45, 2.75) is 37.3 Å². The maximum atomic E-state index is 13.0. The molecule has 5 heteroatoms. The summed E-state index contributed by atoms with van der Waals surface area (Å²) in [5.41, 5.74) is 2.60. The normalized spacial score (nSPS) is 15.1. The predicted molar refractivity (Wildman–Crippen MR) is 114 cm³/mol. The Kier molecular flexibility index (Phi) is 5.58. The third-order valence-electron chi connectivity index (χ3n) is 5.58. The van der Waals surface area contributed by atoms with Gasteiger partial charge in [-0.15, -0.1) is 0 Å². The van der Waals surface area contributed by atoms with Crippen molar-refractivity contribution in [1.82, 2.24) is 9.99 Å². The van der Waals surface area contributed by atoms with Crippen molar-refractivity contribution in [2.75, 3.05) is 0 Å². The maximum Gasteiger partial charge on any atom is 0.281 e. The zero-order valence-electron chi connectivity index (χ0n) is 16.2. The largest absolute Gasteiger partial charge is 0.372 e.